The van der Waals surface area contributed by atoms with Gasteiger partial charge in [-0.05, 0) is 48.5 Å². The van der Waals surface area contributed by atoms with Crippen LogP contribution in [0.25, 0.3) is 0 Å². The zero-order valence-electron chi connectivity index (χ0n) is 14.2. The third-order valence-corrected chi connectivity index (χ3v) is 6.52. The molecule has 0 spiro atoms. The van der Waals surface area contributed by atoms with Crippen LogP contribution in [0.2, 0.25) is 0 Å². The van der Waals surface area contributed by atoms with E-state index >= 15 is 0 Å². The second-order valence-corrected chi connectivity index (χ2v) is 8.70. The van der Waals surface area contributed by atoms with Gasteiger partial charge >= 0.3 is 5.51 Å². The lowest BCUT2D eigenvalue weighted by Crippen LogP contribution is -2.29. The van der Waals surface area contributed by atoms with Gasteiger partial charge in [-0.1, -0.05) is 12.1 Å². The zero-order chi connectivity index (χ0) is 20.4. The van der Waals surface area contributed by atoms with E-state index in [2.05, 4.69) is 0 Å². The fourth-order valence-electron chi connectivity index (χ4n) is 2.30. The van der Waals surface area contributed by atoms with E-state index in [4.69, 9.17) is 0 Å². The van der Waals surface area contributed by atoms with Crippen LogP contribution in [0.5, 0.6) is 0 Å². The third kappa shape index (κ3) is 5.21. The van der Waals surface area contributed by atoms with Gasteiger partial charge in [0, 0.05) is 30.1 Å². The maximum Gasteiger partial charge on any atom is 0.446 e. The lowest BCUT2D eigenvalue weighted by Gasteiger charge is -2.24. The minimum atomic E-state index is -4.46. The first kappa shape index (κ1) is 21.2. The number of hydrogen-bond acceptors (Lipinski definition) is 5. The normalized spacial score (nSPS) is 13.6. The van der Waals surface area contributed by atoms with E-state index < -0.39 is 26.5 Å². The van der Waals surface area contributed by atoms with Gasteiger partial charge in [-0.25, -0.2) is 8.42 Å². The molecule has 0 aliphatic carbocycles. The number of non-ortho nitro benzene ring substituents is 1. The first-order valence-corrected chi connectivity index (χ1v) is 9.75. The number of nitro groups is 1. The van der Waals surface area contributed by atoms with Crippen LogP contribution in [0.4, 0.5) is 18.9 Å². The summed E-state index contributed by atoms with van der Waals surface area (Å²) in [6.45, 7) is 1.56. The molecule has 2 rings (SSSR count). The van der Waals surface area contributed by atoms with E-state index in [1.807, 2.05) is 0 Å². The van der Waals surface area contributed by atoms with Gasteiger partial charge in [0.1, 0.15) is 0 Å². The Morgan fingerprint density at radius 2 is 1.74 bits per heavy atom. The zero-order valence-corrected chi connectivity index (χ0v) is 15.8. The molecule has 0 radical (unpaired) electrons. The standard InChI is InChI=1S/C16H15F3N2O4S2/c1-11(12-4-3-5-13(10-12)21(22)23)20(2)27(24,25)15-8-6-14(7-9-15)26-16(17,18)19/h3-11H,1-2H3. The highest BCUT2D eigenvalue weighted by atomic mass is 32.2. The van der Waals surface area contributed by atoms with Crippen LogP contribution < -0.4 is 0 Å². The summed E-state index contributed by atoms with van der Waals surface area (Å²) in [5.74, 6) is 0. The van der Waals surface area contributed by atoms with Crippen molar-refractivity contribution in [3.63, 3.8) is 0 Å². The van der Waals surface area contributed by atoms with Crippen molar-refractivity contribution in [3.8, 4) is 0 Å². The summed E-state index contributed by atoms with van der Waals surface area (Å²) in [6.07, 6.45) is 0. The molecule has 146 valence electrons. The molecule has 1 atom stereocenters. The van der Waals surface area contributed by atoms with Crippen molar-refractivity contribution in [2.45, 2.75) is 28.3 Å². The first-order chi connectivity index (χ1) is 12.4. The highest BCUT2D eigenvalue weighted by Crippen LogP contribution is 2.37. The minimum Gasteiger partial charge on any atom is -0.258 e. The van der Waals surface area contributed by atoms with Crippen molar-refractivity contribution >= 4 is 27.5 Å². The van der Waals surface area contributed by atoms with E-state index in [-0.39, 0.29) is 27.2 Å². The molecular formula is C16H15F3N2O4S2. The van der Waals surface area contributed by atoms with Gasteiger partial charge in [-0.3, -0.25) is 10.1 Å². The molecule has 0 saturated heterocycles. The fraction of sp³-hybridized carbons (Fsp3) is 0.250. The molecule has 0 bridgehead atoms. The van der Waals surface area contributed by atoms with Crippen LogP contribution in [0.1, 0.15) is 18.5 Å². The number of alkyl halides is 3. The summed E-state index contributed by atoms with van der Waals surface area (Å²) in [7, 11) is -2.70. The fourth-order valence-corrected chi connectivity index (χ4v) is 4.19. The second-order valence-electron chi connectivity index (χ2n) is 5.57. The molecule has 0 aliphatic rings. The monoisotopic (exact) mass is 420 g/mol. The predicted molar refractivity (Wildman–Crippen MR) is 94.8 cm³/mol. The van der Waals surface area contributed by atoms with E-state index in [0.29, 0.717) is 5.56 Å². The highest BCUT2D eigenvalue weighted by molar-refractivity contribution is 8.00. The minimum absolute atomic E-state index is 0.129. The number of thioether (sulfide) groups is 1. The topological polar surface area (TPSA) is 80.5 Å². The molecule has 0 saturated carbocycles. The van der Waals surface area contributed by atoms with Gasteiger partial charge in [-0.2, -0.15) is 17.5 Å². The Morgan fingerprint density at radius 1 is 1.15 bits per heavy atom. The number of nitrogens with zero attached hydrogens (tertiary/aromatic N) is 2. The highest BCUT2D eigenvalue weighted by Gasteiger charge is 2.30. The van der Waals surface area contributed by atoms with Crippen molar-refractivity contribution in [2.24, 2.45) is 0 Å². The van der Waals surface area contributed by atoms with Crippen molar-refractivity contribution < 1.29 is 26.5 Å². The lowest BCUT2D eigenvalue weighted by molar-refractivity contribution is -0.384. The molecular weight excluding hydrogens is 405 g/mol. The Morgan fingerprint density at radius 3 is 2.26 bits per heavy atom. The largest absolute Gasteiger partial charge is 0.446 e. The third-order valence-electron chi connectivity index (χ3n) is 3.84. The second kappa shape index (κ2) is 7.87. The number of sulfonamides is 1. The van der Waals surface area contributed by atoms with E-state index in [1.165, 1.54) is 25.2 Å². The van der Waals surface area contributed by atoms with Crippen molar-refractivity contribution in [2.75, 3.05) is 7.05 Å². The smallest absolute Gasteiger partial charge is 0.258 e. The summed E-state index contributed by atoms with van der Waals surface area (Å²) in [6, 6.07) is 9.22. The molecule has 0 heterocycles. The van der Waals surface area contributed by atoms with Crippen LogP contribution in [0.15, 0.2) is 58.3 Å². The van der Waals surface area contributed by atoms with Crippen molar-refractivity contribution in [1.29, 1.82) is 0 Å². The lowest BCUT2D eigenvalue weighted by atomic mass is 10.1. The number of benzene rings is 2. The molecule has 27 heavy (non-hydrogen) atoms. The maximum absolute atomic E-state index is 12.7. The Labute approximate surface area is 158 Å². The molecule has 0 N–H and O–H groups in total. The predicted octanol–water partition coefficient (Wildman–Crippen LogP) is 4.59. The van der Waals surface area contributed by atoms with E-state index in [0.717, 1.165) is 28.6 Å². The molecule has 0 amide bonds. The van der Waals surface area contributed by atoms with E-state index in [1.54, 1.807) is 13.0 Å². The van der Waals surface area contributed by atoms with Gasteiger partial charge in [-0.15, -0.1) is 0 Å². The molecule has 0 aromatic heterocycles. The van der Waals surface area contributed by atoms with Gasteiger partial charge in [0.25, 0.3) is 5.69 Å². The SMILES string of the molecule is CC(c1cccc([N+](=O)[O-])c1)N(C)S(=O)(=O)c1ccc(SC(F)(F)F)cc1. The molecule has 2 aromatic rings. The average Bonchev–Trinajstić information content (AvgIpc) is 2.59. The van der Waals surface area contributed by atoms with Crippen LogP contribution in [-0.2, 0) is 10.0 Å². The number of hydrogen-bond donors (Lipinski definition) is 0. The summed E-state index contributed by atoms with van der Waals surface area (Å²) in [5.41, 5.74) is -4.22. The Hall–Kier alpha value is -2.11. The number of nitro benzene ring substituents is 1. The van der Waals surface area contributed by atoms with Gasteiger partial charge in [0.2, 0.25) is 10.0 Å². The summed E-state index contributed by atoms with van der Waals surface area (Å²) < 4.78 is 63.6. The number of rotatable bonds is 6. The van der Waals surface area contributed by atoms with Crippen LogP contribution in [0, 0.1) is 10.1 Å². The van der Waals surface area contributed by atoms with Gasteiger partial charge in [0.05, 0.1) is 9.82 Å². The molecule has 11 heteroatoms. The maximum atomic E-state index is 12.7. The van der Waals surface area contributed by atoms with Crippen LogP contribution >= 0.6 is 11.8 Å². The molecule has 6 nitrogen and oxygen atoms in total. The average molecular weight is 420 g/mol. The van der Waals surface area contributed by atoms with E-state index in [9.17, 15) is 31.7 Å². The number of halogens is 3. The van der Waals surface area contributed by atoms with Crippen molar-refractivity contribution in [3.05, 3.63) is 64.2 Å². The Bertz CT molecular complexity index is 931. The summed E-state index contributed by atoms with van der Waals surface area (Å²) in [5, 5.41) is 10.9. The van der Waals surface area contributed by atoms with Crippen LogP contribution in [0.3, 0.4) is 0 Å². The first-order valence-electron chi connectivity index (χ1n) is 7.50. The van der Waals surface area contributed by atoms with Gasteiger partial charge in [0.15, 0.2) is 0 Å². The van der Waals surface area contributed by atoms with Gasteiger partial charge < -0.3 is 0 Å². The molecule has 2 aromatic carbocycles. The quantitative estimate of drug-likeness (QED) is 0.388. The molecule has 0 aliphatic heterocycles. The molecule has 0 fully saturated rings. The Balaban J connectivity index is 2.27. The Kier molecular flexibility index (Phi) is 6.17. The van der Waals surface area contributed by atoms with Crippen LogP contribution in [-0.4, -0.2) is 30.2 Å². The van der Waals surface area contributed by atoms with Crippen molar-refractivity contribution in [1.82, 2.24) is 4.31 Å². The summed E-state index contributed by atoms with van der Waals surface area (Å²) in [4.78, 5) is 10.0. The molecule has 1 unspecified atom stereocenters. The summed E-state index contributed by atoms with van der Waals surface area (Å²) >= 11 is -0.336.